The summed E-state index contributed by atoms with van der Waals surface area (Å²) >= 11 is 0. The van der Waals surface area contributed by atoms with Crippen molar-refractivity contribution in [2.75, 3.05) is 33.4 Å². The second-order valence-electron chi connectivity index (χ2n) is 20.5. The van der Waals surface area contributed by atoms with Gasteiger partial charge in [-0.3, -0.25) is 19.4 Å². The number of nitrogens with two attached hydrogens (primary N) is 1. The molecule has 16 heteroatoms. The highest BCUT2D eigenvalue weighted by molar-refractivity contribution is 6.10. The Kier molecular flexibility index (Phi) is 20.9. The maximum atomic E-state index is 14.6. The largest absolute Gasteiger partial charge is 0.493 e. The summed E-state index contributed by atoms with van der Waals surface area (Å²) in [5.41, 5.74) is 7.71. The molecule has 0 radical (unpaired) electrons. The lowest BCUT2D eigenvalue weighted by Gasteiger charge is -2.26. The first-order valence-corrected chi connectivity index (χ1v) is 26.1. The Labute approximate surface area is 441 Å². The van der Waals surface area contributed by atoms with Crippen molar-refractivity contribution in [3.05, 3.63) is 115 Å². The summed E-state index contributed by atoms with van der Waals surface area (Å²) in [5, 5.41) is 18.7. The molecule has 3 atom stereocenters. The molecular formula is C59H76N8O8. The number of carbonyl (C=O) groups is 4. The molecule has 0 saturated heterocycles. The number of guanidine groups is 1. The highest BCUT2D eigenvalue weighted by Gasteiger charge is 2.30. The third kappa shape index (κ3) is 17.2. The number of aliphatic imine (C=N–C) groups is 1. The normalized spacial score (nSPS) is 13.0. The van der Waals surface area contributed by atoms with Gasteiger partial charge in [-0.05, 0) is 111 Å². The van der Waals surface area contributed by atoms with Crippen LogP contribution in [0.4, 0.5) is 4.79 Å². The fourth-order valence-electron chi connectivity index (χ4n) is 8.58. The van der Waals surface area contributed by atoms with E-state index in [-0.39, 0.29) is 31.3 Å². The summed E-state index contributed by atoms with van der Waals surface area (Å²) in [6.07, 6.45) is 4.16. The number of nitrogens with zero attached hydrogens (tertiary/aromatic N) is 2. The van der Waals surface area contributed by atoms with Crippen LogP contribution >= 0.6 is 0 Å². The second-order valence-corrected chi connectivity index (χ2v) is 20.5. The molecule has 0 aliphatic heterocycles. The molecule has 75 heavy (non-hydrogen) atoms. The van der Waals surface area contributed by atoms with Gasteiger partial charge in [0.25, 0.3) is 5.91 Å². The van der Waals surface area contributed by atoms with E-state index < -0.39 is 54.1 Å². The zero-order chi connectivity index (χ0) is 53.9. The van der Waals surface area contributed by atoms with E-state index in [1.54, 1.807) is 34.0 Å². The molecule has 4 amide bonds. The van der Waals surface area contributed by atoms with Crippen molar-refractivity contribution in [1.29, 1.82) is 0 Å². The second kappa shape index (κ2) is 27.6. The van der Waals surface area contributed by atoms with Crippen molar-refractivity contribution in [2.45, 2.75) is 117 Å². The third-order valence-corrected chi connectivity index (χ3v) is 12.3. The molecule has 1 aromatic heterocycles. The van der Waals surface area contributed by atoms with Crippen LogP contribution in [0.25, 0.3) is 44.0 Å². The van der Waals surface area contributed by atoms with E-state index in [4.69, 9.17) is 24.4 Å². The lowest BCUT2D eigenvalue weighted by atomic mass is 9.92. The zero-order valence-corrected chi connectivity index (χ0v) is 44.8. The number of oxazole rings is 1. The van der Waals surface area contributed by atoms with Gasteiger partial charge < -0.3 is 50.9 Å². The molecule has 0 spiro atoms. The SMILES string of the molecule is CN=C(N)NCCC[C@@H](NC(=O)[C@@H](CCCCNC(=O)OC(C)(C)C)NC(=O)COc1ccc2ccccc2c1-c1c(OCCC(C)C)ccc2ccccc12)C(=O)N[C@@H](CC(C)C)c1ncc(-c2ccccc2)o1. The number of rotatable bonds is 26. The van der Waals surface area contributed by atoms with Gasteiger partial charge in [-0.1, -0.05) is 119 Å². The molecule has 0 aliphatic rings. The molecule has 0 bridgehead atoms. The quantitative estimate of drug-likeness (QED) is 0.0171. The molecule has 16 nitrogen and oxygen atoms in total. The first kappa shape index (κ1) is 56.7. The maximum Gasteiger partial charge on any atom is 0.407 e. The minimum Gasteiger partial charge on any atom is -0.493 e. The van der Waals surface area contributed by atoms with Gasteiger partial charge in [-0.25, -0.2) is 9.78 Å². The van der Waals surface area contributed by atoms with E-state index in [1.165, 1.54) is 0 Å². The number of unbranched alkanes of at least 4 members (excludes halogenated alkanes) is 1. The first-order chi connectivity index (χ1) is 36.0. The van der Waals surface area contributed by atoms with Crippen molar-refractivity contribution in [2.24, 2.45) is 22.6 Å². The van der Waals surface area contributed by atoms with E-state index in [1.807, 2.05) is 105 Å². The number of hydrogen-bond acceptors (Lipinski definition) is 10. The molecule has 0 unspecified atom stereocenters. The molecule has 7 N–H and O–H groups in total. The van der Waals surface area contributed by atoms with Gasteiger partial charge in [0.05, 0.1) is 12.8 Å². The van der Waals surface area contributed by atoms with Gasteiger partial charge in [0, 0.05) is 36.8 Å². The summed E-state index contributed by atoms with van der Waals surface area (Å²) in [6, 6.07) is 30.8. The summed E-state index contributed by atoms with van der Waals surface area (Å²) in [4.78, 5) is 64.3. The fourth-order valence-corrected chi connectivity index (χ4v) is 8.58. The zero-order valence-electron chi connectivity index (χ0n) is 44.8. The van der Waals surface area contributed by atoms with Crippen molar-refractivity contribution in [1.82, 2.24) is 31.6 Å². The number of aromatic nitrogens is 1. The van der Waals surface area contributed by atoms with Gasteiger partial charge in [-0.2, -0.15) is 0 Å². The van der Waals surface area contributed by atoms with Crippen LogP contribution in [-0.2, 0) is 19.1 Å². The maximum absolute atomic E-state index is 14.6. The number of carbonyl (C=O) groups excluding carboxylic acids is 4. The number of amides is 4. The van der Waals surface area contributed by atoms with E-state index in [9.17, 15) is 19.2 Å². The van der Waals surface area contributed by atoms with Crippen LogP contribution in [0.5, 0.6) is 11.5 Å². The Morgan fingerprint density at radius 2 is 1.25 bits per heavy atom. The molecule has 400 valence electrons. The first-order valence-electron chi connectivity index (χ1n) is 26.1. The minimum atomic E-state index is -1.10. The van der Waals surface area contributed by atoms with Crippen LogP contribution in [0.15, 0.2) is 119 Å². The molecular weight excluding hydrogens is 949 g/mol. The fraction of sp³-hybridized carbons (Fsp3) is 0.424. The lowest BCUT2D eigenvalue weighted by molar-refractivity contribution is -0.133. The summed E-state index contributed by atoms with van der Waals surface area (Å²) in [5.74, 6) is 1.30. The monoisotopic (exact) mass is 1020 g/mol. The third-order valence-electron chi connectivity index (χ3n) is 12.3. The Balaban J connectivity index is 1.26. The van der Waals surface area contributed by atoms with Gasteiger partial charge in [-0.15, -0.1) is 0 Å². The number of hydrogen-bond donors (Lipinski definition) is 6. The Bertz CT molecular complexity index is 2860. The van der Waals surface area contributed by atoms with Gasteiger partial charge in [0.15, 0.2) is 18.3 Å². The van der Waals surface area contributed by atoms with Crippen LogP contribution in [0, 0.1) is 11.8 Å². The summed E-state index contributed by atoms with van der Waals surface area (Å²) in [6.45, 7) is 14.5. The molecule has 5 aromatic carbocycles. The van der Waals surface area contributed by atoms with Crippen LogP contribution in [-0.4, -0.2) is 85.8 Å². The number of ether oxygens (including phenoxy) is 3. The number of nitrogens with one attached hydrogen (secondary N) is 5. The highest BCUT2D eigenvalue weighted by atomic mass is 16.6. The van der Waals surface area contributed by atoms with Crippen molar-refractivity contribution >= 4 is 51.3 Å². The minimum absolute atomic E-state index is 0.144. The molecule has 0 saturated carbocycles. The predicted molar refractivity (Wildman–Crippen MR) is 296 cm³/mol. The van der Waals surface area contributed by atoms with E-state index in [2.05, 4.69) is 62.5 Å². The molecule has 6 rings (SSSR count). The Hall–Kier alpha value is -7.62. The number of fused-ring (bicyclic) bond motifs is 2. The standard InChI is InChI=1S/C59H76N8O8/c1-38(2)31-34-72-48-29-27-40-19-12-14-23-43(40)52(48)53-44-24-15-13-20-41(44)28-30-49(53)73-37-51(68)65-45(25-16-17-32-63-58(71)75-59(5,6)7)54(69)66-46(26-18-33-62-57(60)61-8)55(70)67-47(35-39(3)4)56-64-36-50(74-56)42-21-10-9-11-22-42/h9-15,19-24,27-30,36,38-39,45-47H,16-18,25-26,31-35,37H2,1-8H3,(H,63,71)(H,65,68)(H,66,69)(H,67,70)(H3,60,61,62)/t45-,46-,47+/m1/s1. The van der Waals surface area contributed by atoms with E-state index in [0.717, 1.165) is 44.7 Å². The van der Waals surface area contributed by atoms with Crippen LogP contribution < -0.4 is 41.8 Å². The topological polar surface area (TPSA) is 221 Å². The summed E-state index contributed by atoms with van der Waals surface area (Å²) in [7, 11) is 1.57. The number of alkyl carbamates (subject to hydrolysis) is 1. The molecule has 1 heterocycles. The Morgan fingerprint density at radius 1 is 0.667 bits per heavy atom. The van der Waals surface area contributed by atoms with Gasteiger partial charge in [0.1, 0.15) is 35.2 Å². The van der Waals surface area contributed by atoms with Gasteiger partial charge >= 0.3 is 6.09 Å². The molecule has 0 aliphatic carbocycles. The highest BCUT2D eigenvalue weighted by Crippen LogP contribution is 2.45. The average Bonchev–Trinajstić information content (AvgIpc) is 3.88. The van der Waals surface area contributed by atoms with Crippen molar-refractivity contribution in [3.63, 3.8) is 0 Å². The average molecular weight is 1030 g/mol. The van der Waals surface area contributed by atoms with Crippen molar-refractivity contribution < 1.29 is 37.8 Å². The van der Waals surface area contributed by atoms with Crippen molar-refractivity contribution in [3.8, 4) is 33.9 Å². The molecule has 6 aromatic rings. The van der Waals surface area contributed by atoms with Crippen LogP contribution in [0.1, 0.15) is 105 Å². The summed E-state index contributed by atoms with van der Waals surface area (Å²) < 4.78 is 24.6. The molecule has 0 fully saturated rings. The predicted octanol–water partition coefficient (Wildman–Crippen LogP) is 10.0. The van der Waals surface area contributed by atoms with E-state index in [0.29, 0.717) is 67.9 Å². The van der Waals surface area contributed by atoms with E-state index >= 15 is 0 Å². The Morgan fingerprint density at radius 3 is 1.88 bits per heavy atom. The van der Waals surface area contributed by atoms with Crippen LogP contribution in [0.2, 0.25) is 0 Å². The van der Waals surface area contributed by atoms with Gasteiger partial charge in [0.2, 0.25) is 17.7 Å². The van der Waals surface area contributed by atoms with Crippen LogP contribution in [0.3, 0.4) is 0 Å². The smallest absolute Gasteiger partial charge is 0.407 e. The number of benzene rings is 5. The lowest BCUT2D eigenvalue weighted by Crippen LogP contribution is -2.54.